The van der Waals surface area contributed by atoms with E-state index >= 15 is 0 Å². The van der Waals surface area contributed by atoms with Crippen LogP contribution in [0.3, 0.4) is 0 Å². The molecule has 5 aromatic rings. The standard InChI is InChI=1S/C36H41N5OS/c1-6-40-34(38-41(35(40)42)25-28-17-21-30(22-18-28)36(3,4)5)14-10-11-27-15-19-29(20-16-27)33-24-23-32(26(2)37-33)39-43-31-12-8-7-9-13-31/h7-9,12-13,15-24,39H,6,10-11,14,25H2,1-5H3. The highest BCUT2D eigenvalue weighted by molar-refractivity contribution is 8.00. The molecule has 0 aliphatic rings. The van der Waals surface area contributed by atoms with E-state index in [0.29, 0.717) is 13.1 Å². The van der Waals surface area contributed by atoms with Crippen molar-refractivity contribution in [2.75, 3.05) is 4.72 Å². The lowest BCUT2D eigenvalue weighted by atomic mass is 9.87. The zero-order chi connectivity index (χ0) is 30.4. The van der Waals surface area contributed by atoms with Crippen LogP contribution < -0.4 is 10.4 Å². The molecule has 2 heterocycles. The third-order valence-corrected chi connectivity index (χ3v) is 8.52. The summed E-state index contributed by atoms with van der Waals surface area (Å²) < 4.78 is 6.82. The fourth-order valence-electron chi connectivity index (χ4n) is 5.10. The Labute approximate surface area is 259 Å². The summed E-state index contributed by atoms with van der Waals surface area (Å²) in [6.07, 6.45) is 2.61. The first kappa shape index (κ1) is 30.4. The van der Waals surface area contributed by atoms with Crippen molar-refractivity contribution in [1.29, 1.82) is 0 Å². The van der Waals surface area contributed by atoms with E-state index in [4.69, 9.17) is 10.1 Å². The van der Waals surface area contributed by atoms with Crippen LogP contribution in [0.2, 0.25) is 0 Å². The molecule has 6 nitrogen and oxygen atoms in total. The zero-order valence-electron chi connectivity index (χ0n) is 25.8. The fourth-order valence-corrected chi connectivity index (χ4v) is 5.84. The van der Waals surface area contributed by atoms with Gasteiger partial charge in [0, 0.05) is 23.4 Å². The van der Waals surface area contributed by atoms with Crippen LogP contribution in [0.15, 0.2) is 101 Å². The molecule has 0 atom stereocenters. The maximum atomic E-state index is 13.1. The molecule has 0 unspecified atom stereocenters. The maximum absolute atomic E-state index is 13.1. The number of anilines is 1. The van der Waals surface area contributed by atoms with Gasteiger partial charge in [-0.2, -0.15) is 5.10 Å². The number of hydrogen-bond acceptors (Lipinski definition) is 5. The number of aryl methyl sites for hydroxylation is 3. The summed E-state index contributed by atoms with van der Waals surface area (Å²) in [5, 5.41) is 4.73. The average molecular weight is 592 g/mol. The van der Waals surface area contributed by atoms with Crippen LogP contribution in [-0.2, 0) is 31.3 Å². The number of benzene rings is 3. The Morgan fingerprint density at radius 2 is 1.53 bits per heavy atom. The monoisotopic (exact) mass is 591 g/mol. The van der Waals surface area contributed by atoms with Gasteiger partial charge in [-0.3, -0.25) is 9.55 Å². The van der Waals surface area contributed by atoms with E-state index in [9.17, 15) is 4.79 Å². The van der Waals surface area contributed by atoms with Crippen molar-refractivity contribution < 1.29 is 0 Å². The van der Waals surface area contributed by atoms with Gasteiger partial charge in [-0.1, -0.05) is 87.5 Å². The van der Waals surface area contributed by atoms with Crippen LogP contribution in [-0.4, -0.2) is 19.3 Å². The van der Waals surface area contributed by atoms with E-state index in [-0.39, 0.29) is 11.1 Å². The van der Waals surface area contributed by atoms with Crippen molar-refractivity contribution in [1.82, 2.24) is 19.3 Å². The Morgan fingerprint density at radius 1 is 0.837 bits per heavy atom. The average Bonchev–Trinajstić information content (AvgIpc) is 3.30. The van der Waals surface area contributed by atoms with Gasteiger partial charge in [0.25, 0.3) is 0 Å². The van der Waals surface area contributed by atoms with E-state index in [1.807, 2.05) is 32.0 Å². The predicted octanol–water partition coefficient (Wildman–Crippen LogP) is 8.08. The smallest absolute Gasteiger partial charge is 0.324 e. The second kappa shape index (κ2) is 13.5. The van der Waals surface area contributed by atoms with Gasteiger partial charge >= 0.3 is 5.69 Å². The minimum Gasteiger partial charge on any atom is -0.324 e. The van der Waals surface area contributed by atoms with E-state index in [1.165, 1.54) is 11.1 Å². The lowest BCUT2D eigenvalue weighted by Gasteiger charge is -2.19. The normalized spacial score (nSPS) is 11.6. The lowest BCUT2D eigenvalue weighted by molar-refractivity contribution is 0.588. The summed E-state index contributed by atoms with van der Waals surface area (Å²) in [6, 6.07) is 31.6. The van der Waals surface area contributed by atoms with Crippen molar-refractivity contribution in [2.24, 2.45) is 0 Å². The van der Waals surface area contributed by atoms with Crippen LogP contribution in [0.25, 0.3) is 11.3 Å². The van der Waals surface area contributed by atoms with Crippen molar-refractivity contribution in [3.05, 3.63) is 130 Å². The first-order chi connectivity index (χ1) is 20.7. The van der Waals surface area contributed by atoms with E-state index in [2.05, 4.69) is 98.3 Å². The molecule has 3 aromatic carbocycles. The first-order valence-electron chi connectivity index (χ1n) is 15.0. The van der Waals surface area contributed by atoms with Crippen molar-refractivity contribution in [3.8, 4) is 11.3 Å². The molecular weight excluding hydrogens is 550 g/mol. The van der Waals surface area contributed by atoms with Crippen LogP contribution in [0.1, 0.15) is 62.3 Å². The minimum absolute atomic E-state index is 0.0376. The van der Waals surface area contributed by atoms with E-state index < -0.39 is 0 Å². The van der Waals surface area contributed by atoms with Crippen LogP contribution in [0.5, 0.6) is 0 Å². The molecule has 0 saturated carbocycles. The summed E-state index contributed by atoms with van der Waals surface area (Å²) in [5.41, 5.74) is 7.75. The number of nitrogens with zero attached hydrogens (tertiary/aromatic N) is 4. The van der Waals surface area contributed by atoms with Gasteiger partial charge in [0.05, 0.1) is 23.6 Å². The second-order valence-electron chi connectivity index (χ2n) is 11.9. The highest BCUT2D eigenvalue weighted by atomic mass is 32.2. The lowest BCUT2D eigenvalue weighted by Crippen LogP contribution is -2.25. The fraction of sp³-hybridized carbons (Fsp3) is 0.306. The Morgan fingerprint density at radius 3 is 2.19 bits per heavy atom. The number of rotatable bonds is 11. The molecule has 0 radical (unpaired) electrons. The molecule has 222 valence electrons. The molecule has 0 aliphatic carbocycles. The number of pyridine rings is 1. The van der Waals surface area contributed by atoms with Gasteiger partial charge in [0.15, 0.2) is 0 Å². The number of hydrogen-bond donors (Lipinski definition) is 1. The third kappa shape index (κ3) is 7.65. The highest BCUT2D eigenvalue weighted by Crippen LogP contribution is 2.26. The highest BCUT2D eigenvalue weighted by Gasteiger charge is 2.15. The Kier molecular flexibility index (Phi) is 9.51. The Bertz CT molecular complexity index is 1700. The summed E-state index contributed by atoms with van der Waals surface area (Å²) >= 11 is 1.59. The molecule has 5 rings (SSSR count). The van der Waals surface area contributed by atoms with Crippen LogP contribution in [0.4, 0.5) is 5.69 Å². The molecule has 0 amide bonds. The number of aromatic nitrogens is 4. The van der Waals surface area contributed by atoms with Crippen molar-refractivity contribution in [2.45, 2.75) is 77.3 Å². The van der Waals surface area contributed by atoms with Gasteiger partial charge < -0.3 is 4.72 Å². The topological polar surface area (TPSA) is 64.7 Å². The summed E-state index contributed by atoms with van der Waals surface area (Å²) in [4.78, 5) is 19.1. The molecule has 0 saturated heterocycles. The molecule has 0 fully saturated rings. The van der Waals surface area contributed by atoms with E-state index in [1.54, 1.807) is 21.2 Å². The van der Waals surface area contributed by atoms with Crippen LogP contribution >= 0.6 is 11.9 Å². The molecule has 2 aromatic heterocycles. The Hall–Kier alpha value is -4.10. The molecule has 1 N–H and O–H groups in total. The molecule has 0 spiro atoms. The van der Waals surface area contributed by atoms with Gasteiger partial charge in [-0.15, -0.1) is 0 Å². The zero-order valence-corrected chi connectivity index (χ0v) is 26.6. The molecule has 7 heteroatoms. The Balaban J connectivity index is 1.17. The minimum atomic E-state index is -0.0376. The summed E-state index contributed by atoms with van der Waals surface area (Å²) in [6.45, 7) is 11.8. The first-order valence-corrected chi connectivity index (χ1v) is 15.8. The largest absolute Gasteiger partial charge is 0.346 e. The molecule has 0 bridgehead atoms. The summed E-state index contributed by atoms with van der Waals surface area (Å²) in [7, 11) is 0. The SMILES string of the molecule is CCn1c(CCCc2ccc(-c3ccc(NSc4ccccc4)c(C)n3)cc2)nn(Cc2ccc(C(C)(C)C)cc2)c1=O. The predicted molar refractivity (Wildman–Crippen MR) is 179 cm³/mol. The van der Waals surface area contributed by atoms with Gasteiger partial charge in [-0.05, 0) is 85.0 Å². The molecule has 0 aliphatic heterocycles. The second-order valence-corrected chi connectivity index (χ2v) is 12.8. The number of nitrogens with one attached hydrogen (secondary N) is 1. The van der Waals surface area contributed by atoms with Crippen LogP contribution in [0, 0.1) is 6.92 Å². The molecule has 43 heavy (non-hydrogen) atoms. The molecular formula is C36H41N5OS. The van der Waals surface area contributed by atoms with Gasteiger partial charge in [0.1, 0.15) is 5.82 Å². The third-order valence-electron chi connectivity index (χ3n) is 7.69. The van der Waals surface area contributed by atoms with Crippen molar-refractivity contribution >= 4 is 17.6 Å². The quantitative estimate of drug-likeness (QED) is 0.157. The van der Waals surface area contributed by atoms with Crippen molar-refractivity contribution in [3.63, 3.8) is 0 Å². The van der Waals surface area contributed by atoms with Gasteiger partial charge in [-0.25, -0.2) is 9.48 Å². The van der Waals surface area contributed by atoms with Gasteiger partial charge in [0.2, 0.25) is 0 Å². The summed E-state index contributed by atoms with van der Waals surface area (Å²) in [5.74, 6) is 0.856. The maximum Gasteiger partial charge on any atom is 0.346 e. The van der Waals surface area contributed by atoms with E-state index in [0.717, 1.165) is 58.2 Å².